The van der Waals surface area contributed by atoms with Gasteiger partial charge in [-0.2, -0.15) is 4.98 Å². The number of rotatable bonds is 2. The van der Waals surface area contributed by atoms with Crippen molar-refractivity contribution in [3.05, 3.63) is 34.4 Å². The third kappa shape index (κ3) is 3.35. The lowest BCUT2D eigenvalue weighted by Crippen LogP contribution is -2.35. The van der Waals surface area contributed by atoms with E-state index in [1.807, 2.05) is 19.9 Å². The van der Waals surface area contributed by atoms with Crippen LogP contribution in [0.25, 0.3) is 0 Å². The number of hydrogen-bond donors (Lipinski definition) is 2. The molecule has 8 nitrogen and oxygen atoms in total. The van der Waals surface area contributed by atoms with E-state index >= 15 is 0 Å². The van der Waals surface area contributed by atoms with Gasteiger partial charge in [-0.1, -0.05) is 22.8 Å². The molecular weight excluding hydrogens is 372 g/mol. The van der Waals surface area contributed by atoms with Crippen LogP contribution in [0.5, 0.6) is 5.75 Å². The quantitative estimate of drug-likeness (QED) is 0.814. The Bertz CT molecular complexity index is 897. The van der Waals surface area contributed by atoms with Crippen molar-refractivity contribution in [1.29, 1.82) is 0 Å². The number of aliphatic hydroxyl groups excluding tert-OH is 1. The maximum absolute atomic E-state index is 13.0. The first-order valence-electron chi connectivity index (χ1n) is 8.80. The summed E-state index contributed by atoms with van der Waals surface area (Å²) in [4.78, 5) is 18.6. The molecule has 2 aliphatic heterocycles. The average molecular weight is 393 g/mol. The summed E-state index contributed by atoms with van der Waals surface area (Å²) in [6, 6.07) is 2.76. The molecule has 0 radical (unpaired) electrons. The maximum atomic E-state index is 13.0. The molecular formula is C18H21ClN4O4. The number of halogens is 1. The molecule has 1 saturated heterocycles. The molecule has 0 unspecified atom stereocenters. The van der Waals surface area contributed by atoms with Gasteiger partial charge in [0.15, 0.2) is 5.82 Å². The van der Waals surface area contributed by atoms with Crippen LogP contribution in [-0.4, -0.2) is 44.4 Å². The van der Waals surface area contributed by atoms with E-state index in [1.54, 1.807) is 13.0 Å². The highest BCUT2D eigenvalue weighted by Gasteiger charge is 2.40. The van der Waals surface area contributed by atoms with Gasteiger partial charge in [0, 0.05) is 24.9 Å². The Labute approximate surface area is 161 Å². The van der Waals surface area contributed by atoms with Crippen LogP contribution in [0.3, 0.4) is 0 Å². The molecule has 3 heterocycles. The van der Waals surface area contributed by atoms with E-state index in [0.717, 1.165) is 12.0 Å². The number of urea groups is 1. The number of fused-ring (bicyclic) bond motifs is 1. The number of amides is 2. The second-order valence-corrected chi connectivity index (χ2v) is 8.02. The highest BCUT2D eigenvalue weighted by molar-refractivity contribution is 6.34. The number of aromatic nitrogens is 2. The van der Waals surface area contributed by atoms with Crippen LogP contribution in [0.4, 0.5) is 10.5 Å². The van der Waals surface area contributed by atoms with Gasteiger partial charge in [0.1, 0.15) is 23.1 Å². The van der Waals surface area contributed by atoms with Gasteiger partial charge in [0.05, 0.1) is 11.1 Å². The summed E-state index contributed by atoms with van der Waals surface area (Å²) in [7, 11) is 0. The Morgan fingerprint density at radius 1 is 1.44 bits per heavy atom. The van der Waals surface area contributed by atoms with Gasteiger partial charge in [-0.05, 0) is 26.8 Å². The first-order chi connectivity index (χ1) is 12.7. The number of benzene rings is 1. The highest BCUT2D eigenvalue weighted by atomic mass is 35.5. The van der Waals surface area contributed by atoms with Crippen LogP contribution < -0.4 is 10.1 Å². The monoisotopic (exact) mass is 392 g/mol. The molecule has 144 valence electrons. The lowest BCUT2D eigenvalue weighted by atomic mass is 10.0. The molecule has 2 aromatic rings. The zero-order valence-corrected chi connectivity index (χ0v) is 16.1. The topological polar surface area (TPSA) is 101 Å². The SMILES string of the molecule is Cc1noc([C@H]2C[C@H](O)CN2C(=O)Nc2c(Cl)ccc3c2OC(C)(C)C3)n1. The minimum Gasteiger partial charge on any atom is -0.485 e. The lowest BCUT2D eigenvalue weighted by Gasteiger charge is -2.23. The van der Waals surface area contributed by atoms with Gasteiger partial charge in [0.2, 0.25) is 5.89 Å². The number of aliphatic hydroxyl groups is 1. The molecule has 2 N–H and O–H groups in total. The van der Waals surface area contributed by atoms with Crippen molar-refractivity contribution in [3.63, 3.8) is 0 Å². The van der Waals surface area contributed by atoms with Crippen molar-refractivity contribution in [1.82, 2.24) is 15.0 Å². The van der Waals surface area contributed by atoms with Crippen molar-refractivity contribution in [3.8, 4) is 5.75 Å². The Kier molecular flexibility index (Phi) is 4.27. The molecule has 2 amide bonds. The van der Waals surface area contributed by atoms with Gasteiger partial charge in [-0.15, -0.1) is 0 Å². The summed E-state index contributed by atoms with van der Waals surface area (Å²) in [5, 5.41) is 17.1. The average Bonchev–Trinajstić information content (AvgIpc) is 3.26. The zero-order chi connectivity index (χ0) is 19.3. The van der Waals surface area contributed by atoms with E-state index in [4.69, 9.17) is 20.9 Å². The van der Waals surface area contributed by atoms with Crippen LogP contribution in [-0.2, 0) is 6.42 Å². The molecule has 9 heteroatoms. The number of β-amino-alcohol motifs (C(OH)–C–C–N with tert-alkyl or cyclic N) is 1. The van der Waals surface area contributed by atoms with Crippen LogP contribution in [0.2, 0.25) is 5.02 Å². The molecule has 4 rings (SSSR count). The fourth-order valence-electron chi connectivity index (χ4n) is 3.64. The normalized spacial score (nSPS) is 23.2. The highest BCUT2D eigenvalue weighted by Crippen LogP contribution is 2.44. The molecule has 1 aromatic carbocycles. The number of aryl methyl sites for hydroxylation is 1. The van der Waals surface area contributed by atoms with Crippen LogP contribution >= 0.6 is 11.6 Å². The van der Waals surface area contributed by atoms with Gasteiger partial charge in [-0.25, -0.2) is 4.79 Å². The van der Waals surface area contributed by atoms with Crippen LogP contribution in [0, 0.1) is 6.92 Å². The Morgan fingerprint density at radius 2 is 2.22 bits per heavy atom. The van der Waals surface area contributed by atoms with Gasteiger partial charge >= 0.3 is 6.03 Å². The largest absolute Gasteiger partial charge is 0.485 e. The van der Waals surface area contributed by atoms with Crippen molar-refractivity contribution in [2.24, 2.45) is 0 Å². The van der Waals surface area contributed by atoms with Crippen molar-refractivity contribution < 1.29 is 19.2 Å². The molecule has 1 fully saturated rings. The summed E-state index contributed by atoms with van der Waals surface area (Å²) in [6.45, 7) is 5.83. The van der Waals surface area contributed by atoms with E-state index in [0.29, 0.717) is 34.6 Å². The van der Waals surface area contributed by atoms with Gasteiger partial charge in [0.25, 0.3) is 0 Å². The minimum atomic E-state index is -0.667. The Hall–Kier alpha value is -2.32. The number of ether oxygens (including phenoxy) is 1. The van der Waals surface area contributed by atoms with E-state index in [-0.39, 0.29) is 12.1 Å². The maximum Gasteiger partial charge on any atom is 0.322 e. The van der Waals surface area contributed by atoms with Crippen molar-refractivity contribution >= 4 is 23.3 Å². The Morgan fingerprint density at radius 3 is 2.93 bits per heavy atom. The summed E-state index contributed by atoms with van der Waals surface area (Å²) >= 11 is 6.33. The van der Waals surface area contributed by atoms with Crippen LogP contribution in [0.1, 0.15) is 43.6 Å². The first kappa shape index (κ1) is 18.1. The van der Waals surface area contributed by atoms with Crippen molar-refractivity contribution in [2.45, 2.75) is 51.4 Å². The zero-order valence-electron chi connectivity index (χ0n) is 15.3. The summed E-state index contributed by atoms with van der Waals surface area (Å²) in [5.41, 5.74) is 1.07. The Balaban J connectivity index is 1.60. The number of nitrogens with one attached hydrogen (secondary N) is 1. The molecule has 0 aliphatic carbocycles. The number of hydrogen-bond acceptors (Lipinski definition) is 6. The van der Waals surface area contributed by atoms with E-state index < -0.39 is 18.2 Å². The molecule has 0 spiro atoms. The molecule has 0 bridgehead atoms. The summed E-state index contributed by atoms with van der Waals surface area (Å²) in [6.07, 6.45) is 0.397. The summed E-state index contributed by atoms with van der Waals surface area (Å²) < 4.78 is 11.2. The first-order valence-corrected chi connectivity index (χ1v) is 9.17. The standard InChI is InChI=1S/C18H21ClN4O4/c1-9-20-16(27-22-9)13-6-11(24)8-23(13)17(25)21-14-12(19)5-4-10-7-18(2,3)26-15(10)14/h4-5,11,13,24H,6-8H2,1-3H3,(H,21,25)/t11-,13+/m0/s1. The predicted octanol–water partition coefficient (Wildman–Crippen LogP) is 3.08. The van der Waals surface area contributed by atoms with Gasteiger partial charge < -0.3 is 24.6 Å². The number of anilines is 1. The lowest BCUT2D eigenvalue weighted by molar-refractivity contribution is 0.139. The number of carbonyl (C=O) groups excluding carboxylic acids is 1. The number of nitrogens with zero attached hydrogens (tertiary/aromatic N) is 3. The second-order valence-electron chi connectivity index (χ2n) is 7.62. The second kappa shape index (κ2) is 6.38. The third-order valence-corrected chi connectivity index (χ3v) is 5.10. The number of carbonyl (C=O) groups is 1. The van der Waals surface area contributed by atoms with E-state index in [2.05, 4.69) is 15.5 Å². The predicted molar refractivity (Wildman–Crippen MR) is 98.0 cm³/mol. The molecule has 2 aliphatic rings. The summed E-state index contributed by atoms with van der Waals surface area (Å²) in [5.74, 6) is 1.37. The fraction of sp³-hybridized carbons (Fsp3) is 0.500. The van der Waals surface area contributed by atoms with Crippen LogP contribution in [0.15, 0.2) is 16.7 Å². The molecule has 27 heavy (non-hydrogen) atoms. The van der Waals surface area contributed by atoms with Gasteiger partial charge in [-0.3, -0.25) is 0 Å². The smallest absolute Gasteiger partial charge is 0.322 e. The van der Waals surface area contributed by atoms with E-state index in [1.165, 1.54) is 4.90 Å². The molecule has 2 atom stereocenters. The minimum absolute atomic E-state index is 0.164. The van der Waals surface area contributed by atoms with Crippen molar-refractivity contribution in [2.75, 3.05) is 11.9 Å². The third-order valence-electron chi connectivity index (χ3n) is 4.78. The number of likely N-dealkylation sites (tertiary alicyclic amines) is 1. The molecule has 1 aromatic heterocycles. The fourth-order valence-corrected chi connectivity index (χ4v) is 3.84. The van der Waals surface area contributed by atoms with E-state index in [9.17, 15) is 9.90 Å². The molecule has 0 saturated carbocycles.